The van der Waals surface area contributed by atoms with Crippen LogP contribution < -0.4 is 15.4 Å². The van der Waals surface area contributed by atoms with Crippen LogP contribution >= 0.6 is 0 Å². The maximum atomic E-state index is 12.3. The van der Waals surface area contributed by atoms with Crippen molar-refractivity contribution in [2.45, 2.75) is 27.4 Å². The Morgan fingerprint density at radius 2 is 1.50 bits per heavy atom. The standard InChI is InChI=1S/C25H26N2O3/c1-17-13-18(2)24(19(3)14-17)27-23(28)15-26-25(29)21-11-9-20(10-12-21)16-30-22-7-5-4-6-8-22/h4-14H,15-16H2,1-3H3,(H,26,29)(H,27,28). The monoisotopic (exact) mass is 402 g/mol. The van der Waals surface area contributed by atoms with E-state index in [-0.39, 0.29) is 18.4 Å². The van der Waals surface area contributed by atoms with Crippen LogP contribution in [0.4, 0.5) is 5.69 Å². The highest BCUT2D eigenvalue weighted by atomic mass is 16.5. The van der Waals surface area contributed by atoms with E-state index < -0.39 is 0 Å². The van der Waals surface area contributed by atoms with Crippen molar-refractivity contribution >= 4 is 17.5 Å². The number of para-hydroxylation sites is 1. The summed E-state index contributed by atoms with van der Waals surface area (Å²) in [6.45, 7) is 6.26. The van der Waals surface area contributed by atoms with Crippen molar-refractivity contribution < 1.29 is 14.3 Å². The van der Waals surface area contributed by atoms with Crippen molar-refractivity contribution in [3.63, 3.8) is 0 Å². The average Bonchev–Trinajstić information content (AvgIpc) is 2.74. The lowest BCUT2D eigenvalue weighted by Gasteiger charge is -2.13. The van der Waals surface area contributed by atoms with Gasteiger partial charge in [-0.15, -0.1) is 0 Å². The molecule has 0 aliphatic heterocycles. The first-order chi connectivity index (χ1) is 14.4. The van der Waals surface area contributed by atoms with Crippen molar-refractivity contribution in [1.82, 2.24) is 5.32 Å². The van der Waals surface area contributed by atoms with Gasteiger partial charge in [-0.3, -0.25) is 9.59 Å². The molecule has 0 fully saturated rings. The second-order valence-electron chi connectivity index (χ2n) is 7.30. The van der Waals surface area contributed by atoms with Crippen LogP contribution in [-0.2, 0) is 11.4 Å². The molecule has 30 heavy (non-hydrogen) atoms. The molecule has 2 amide bonds. The van der Waals surface area contributed by atoms with Gasteiger partial charge < -0.3 is 15.4 Å². The second kappa shape index (κ2) is 9.74. The minimum atomic E-state index is -0.293. The molecule has 0 aliphatic carbocycles. The fraction of sp³-hybridized carbons (Fsp3) is 0.200. The van der Waals surface area contributed by atoms with E-state index in [9.17, 15) is 9.59 Å². The van der Waals surface area contributed by atoms with E-state index in [1.54, 1.807) is 12.1 Å². The molecule has 0 spiro atoms. The third-order valence-corrected chi connectivity index (χ3v) is 4.72. The van der Waals surface area contributed by atoms with Crippen LogP contribution in [0.5, 0.6) is 5.75 Å². The number of hydrogen-bond acceptors (Lipinski definition) is 3. The van der Waals surface area contributed by atoms with E-state index in [1.165, 1.54) is 0 Å². The van der Waals surface area contributed by atoms with Gasteiger partial charge in [-0.05, 0) is 61.7 Å². The molecule has 3 rings (SSSR count). The fourth-order valence-corrected chi connectivity index (χ4v) is 3.26. The lowest BCUT2D eigenvalue weighted by molar-refractivity contribution is -0.115. The molecule has 3 aromatic rings. The minimum Gasteiger partial charge on any atom is -0.489 e. The summed E-state index contributed by atoms with van der Waals surface area (Å²) in [5.74, 6) is 0.244. The predicted molar refractivity (Wildman–Crippen MR) is 119 cm³/mol. The zero-order valence-corrected chi connectivity index (χ0v) is 17.5. The number of ether oxygens (including phenoxy) is 1. The number of carbonyl (C=O) groups is 2. The summed E-state index contributed by atoms with van der Waals surface area (Å²) in [6, 6.07) is 20.7. The molecule has 0 unspecified atom stereocenters. The third kappa shape index (κ3) is 5.70. The highest BCUT2D eigenvalue weighted by Gasteiger charge is 2.11. The first-order valence-corrected chi connectivity index (χ1v) is 9.85. The van der Waals surface area contributed by atoms with Crippen molar-refractivity contribution in [3.8, 4) is 5.75 Å². The maximum absolute atomic E-state index is 12.3. The van der Waals surface area contributed by atoms with Crippen molar-refractivity contribution in [1.29, 1.82) is 0 Å². The average molecular weight is 402 g/mol. The van der Waals surface area contributed by atoms with Crippen molar-refractivity contribution in [3.05, 3.63) is 94.5 Å². The van der Waals surface area contributed by atoms with Gasteiger partial charge in [0.05, 0.1) is 6.54 Å². The van der Waals surface area contributed by atoms with Crippen LogP contribution in [0.1, 0.15) is 32.6 Å². The Kier molecular flexibility index (Phi) is 6.86. The SMILES string of the molecule is Cc1cc(C)c(NC(=O)CNC(=O)c2ccc(COc3ccccc3)cc2)c(C)c1. The number of anilines is 1. The van der Waals surface area contributed by atoms with Crippen LogP contribution in [0, 0.1) is 20.8 Å². The van der Waals surface area contributed by atoms with Gasteiger partial charge in [0.15, 0.2) is 0 Å². The first kappa shape index (κ1) is 21.1. The number of benzene rings is 3. The van der Waals surface area contributed by atoms with E-state index in [0.29, 0.717) is 12.2 Å². The number of amides is 2. The Hall–Kier alpha value is -3.60. The van der Waals surface area contributed by atoms with Crippen LogP contribution in [0.25, 0.3) is 0 Å². The summed E-state index contributed by atoms with van der Waals surface area (Å²) < 4.78 is 5.70. The molecule has 5 nitrogen and oxygen atoms in total. The molecular formula is C25H26N2O3. The number of nitrogens with one attached hydrogen (secondary N) is 2. The summed E-state index contributed by atoms with van der Waals surface area (Å²) in [5.41, 5.74) is 5.39. The number of aryl methyl sites for hydroxylation is 3. The molecule has 0 saturated carbocycles. The number of hydrogen-bond donors (Lipinski definition) is 2. The van der Waals surface area contributed by atoms with Gasteiger partial charge >= 0.3 is 0 Å². The van der Waals surface area contributed by atoms with Crippen LogP contribution in [-0.4, -0.2) is 18.4 Å². The Bertz CT molecular complexity index is 1010. The van der Waals surface area contributed by atoms with Gasteiger partial charge in [-0.2, -0.15) is 0 Å². The van der Waals surface area contributed by atoms with E-state index in [4.69, 9.17) is 4.74 Å². The lowest BCUT2D eigenvalue weighted by Crippen LogP contribution is -2.33. The maximum Gasteiger partial charge on any atom is 0.251 e. The normalized spacial score (nSPS) is 10.4. The van der Waals surface area contributed by atoms with Crippen LogP contribution in [0.2, 0.25) is 0 Å². The third-order valence-electron chi connectivity index (χ3n) is 4.72. The van der Waals surface area contributed by atoms with E-state index >= 15 is 0 Å². The van der Waals surface area contributed by atoms with Crippen LogP contribution in [0.15, 0.2) is 66.7 Å². The smallest absolute Gasteiger partial charge is 0.251 e. The quantitative estimate of drug-likeness (QED) is 0.609. The molecule has 0 atom stereocenters. The largest absolute Gasteiger partial charge is 0.489 e. The van der Waals surface area contributed by atoms with Gasteiger partial charge in [0, 0.05) is 11.3 Å². The Morgan fingerprint density at radius 1 is 0.867 bits per heavy atom. The highest BCUT2D eigenvalue weighted by Crippen LogP contribution is 2.21. The van der Waals surface area contributed by atoms with Crippen molar-refractivity contribution in [2.24, 2.45) is 0 Å². The topological polar surface area (TPSA) is 67.4 Å². The molecule has 0 aliphatic rings. The van der Waals surface area contributed by atoms with Gasteiger partial charge in [0.25, 0.3) is 5.91 Å². The predicted octanol–water partition coefficient (Wildman–Crippen LogP) is 4.56. The molecule has 0 aromatic heterocycles. The Balaban J connectivity index is 1.50. The minimum absolute atomic E-state index is 0.0928. The van der Waals surface area contributed by atoms with Crippen molar-refractivity contribution in [2.75, 3.05) is 11.9 Å². The molecule has 2 N–H and O–H groups in total. The van der Waals surface area contributed by atoms with Gasteiger partial charge in [-0.25, -0.2) is 0 Å². The van der Waals surface area contributed by atoms with Gasteiger partial charge in [-0.1, -0.05) is 48.0 Å². The first-order valence-electron chi connectivity index (χ1n) is 9.85. The van der Waals surface area contributed by atoms with E-state index in [0.717, 1.165) is 33.7 Å². The zero-order chi connectivity index (χ0) is 21.5. The number of carbonyl (C=O) groups excluding carboxylic acids is 2. The molecule has 0 bridgehead atoms. The van der Waals surface area contributed by atoms with Gasteiger partial charge in [0.2, 0.25) is 5.91 Å². The molecule has 0 radical (unpaired) electrons. The summed E-state index contributed by atoms with van der Waals surface area (Å²) >= 11 is 0. The van der Waals surface area contributed by atoms with E-state index in [1.807, 2.05) is 75.4 Å². The summed E-state index contributed by atoms with van der Waals surface area (Å²) in [6.07, 6.45) is 0. The zero-order valence-electron chi connectivity index (χ0n) is 17.5. The molecule has 3 aromatic carbocycles. The van der Waals surface area contributed by atoms with E-state index in [2.05, 4.69) is 10.6 Å². The fourth-order valence-electron chi connectivity index (χ4n) is 3.26. The number of rotatable bonds is 7. The highest BCUT2D eigenvalue weighted by molar-refractivity contribution is 5.99. The summed E-state index contributed by atoms with van der Waals surface area (Å²) in [7, 11) is 0. The molecular weight excluding hydrogens is 376 g/mol. The Morgan fingerprint density at radius 3 is 2.13 bits per heavy atom. The van der Waals surface area contributed by atoms with Crippen LogP contribution in [0.3, 0.4) is 0 Å². The second-order valence-corrected chi connectivity index (χ2v) is 7.30. The lowest BCUT2D eigenvalue weighted by atomic mass is 10.1. The summed E-state index contributed by atoms with van der Waals surface area (Å²) in [4.78, 5) is 24.6. The molecule has 0 saturated heterocycles. The molecule has 154 valence electrons. The molecule has 5 heteroatoms. The Labute approximate surface area is 177 Å². The summed E-state index contributed by atoms with van der Waals surface area (Å²) in [5, 5.41) is 5.55. The van der Waals surface area contributed by atoms with Gasteiger partial charge in [0.1, 0.15) is 12.4 Å². The molecule has 0 heterocycles.